The van der Waals surface area contributed by atoms with E-state index in [9.17, 15) is 4.79 Å². The SMILES string of the molecule is CC(C)C(CNC(=O)COC1CCNCC1)N(C)C. The number of carbonyl (C=O) groups excluding carboxylic acids is 1. The molecule has 5 nitrogen and oxygen atoms in total. The van der Waals surface area contributed by atoms with Crippen LogP contribution in [-0.2, 0) is 9.53 Å². The molecule has 0 aromatic rings. The normalized spacial score (nSPS) is 18.8. The van der Waals surface area contributed by atoms with Gasteiger partial charge >= 0.3 is 0 Å². The molecule has 1 atom stereocenters. The summed E-state index contributed by atoms with van der Waals surface area (Å²) in [5.41, 5.74) is 0. The van der Waals surface area contributed by atoms with Gasteiger partial charge in [-0.25, -0.2) is 0 Å². The molecule has 0 saturated carbocycles. The van der Waals surface area contributed by atoms with Crippen molar-refractivity contribution in [2.75, 3.05) is 40.3 Å². The number of likely N-dealkylation sites (N-methyl/N-ethyl adjacent to an activating group) is 1. The molecule has 1 heterocycles. The fourth-order valence-electron chi connectivity index (χ4n) is 2.44. The summed E-state index contributed by atoms with van der Waals surface area (Å²) >= 11 is 0. The van der Waals surface area contributed by atoms with Gasteiger partial charge in [0.25, 0.3) is 0 Å². The first-order chi connectivity index (χ1) is 9.00. The van der Waals surface area contributed by atoms with Crippen LogP contribution in [0.2, 0.25) is 0 Å². The van der Waals surface area contributed by atoms with Crippen LogP contribution in [0.5, 0.6) is 0 Å². The summed E-state index contributed by atoms with van der Waals surface area (Å²) in [6, 6.07) is 0.364. The molecular weight excluding hydrogens is 242 g/mol. The van der Waals surface area contributed by atoms with Crippen LogP contribution in [0.4, 0.5) is 0 Å². The van der Waals surface area contributed by atoms with E-state index in [1.807, 2.05) is 14.1 Å². The Morgan fingerprint density at radius 1 is 1.37 bits per heavy atom. The molecule has 0 aromatic carbocycles. The van der Waals surface area contributed by atoms with Gasteiger partial charge in [0.2, 0.25) is 5.91 Å². The first-order valence-corrected chi connectivity index (χ1v) is 7.26. The summed E-state index contributed by atoms with van der Waals surface area (Å²) in [5, 5.41) is 6.25. The molecule has 1 amide bonds. The van der Waals surface area contributed by atoms with E-state index in [-0.39, 0.29) is 18.6 Å². The van der Waals surface area contributed by atoms with E-state index in [0.29, 0.717) is 18.5 Å². The van der Waals surface area contributed by atoms with E-state index in [0.717, 1.165) is 25.9 Å². The Kier molecular flexibility index (Phi) is 7.34. The third-order valence-electron chi connectivity index (χ3n) is 3.68. The standard InChI is InChI=1S/C14H29N3O2/c1-11(2)13(17(3)4)9-16-14(18)10-19-12-5-7-15-8-6-12/h11-13,15H,5-10H2,1-4H3,(H,16,18). The molecule has 0 bridgehead atoms. The van der Waals surface area contributed by atoms with Gasteiger partial charge in [-0.1, -0.05) is 13.8 Å². The van der Waals surface area contributed by atoms with Crippen LogP contribution in [0, 0.1) is 5.92 Å². The van der Waals surface area contributed by atoms with Gasteiger partial charge in [-0.3, -0.25) is 4.79 Å². The van der Waals surface area contributed by atoms with Gasteiger partial charge in [-0.2, -0.15) is 0 Å². The largest absolute Gasteiger partial charge is 0.368 e. The van der Waals surface area contributed by atoms with Crippen LogP contribution in [0.15, 0.2) is 0 Å². The highest BCUT2D eigenvalue weighted by Crippen LogP contribution is 2.07. The van der Waals surface area contributed by atoms with Crippen molar-refractivity contribution in [3.63, 3.8) is 0 Å². The third kappa shape index (κ3) is 6.36. The Hall–Kier alpha value is -0.650. The molecule has 0 aromatic heterocycles. The second kappa shape index (κ2) is 8.51. The number of piperidine rings is 1. The third-order valence-corrected chi connectivity index (χ3v) is 3.68. The first-order valence-electron chi connectivity index (χ1n) is 7.26. The predicted molar refractivity (Wildman–Crippen MR) is 77.2 cm³/mol. The number of ether oxygens (including phenoxy) is 1. The van der Waals surface area contributed by atoms with Crippen LogP contribution < -0.4 is 10.6 Å². The zero-order chi connectivity index (χ0) is 14.3. The minimum absolute atomic E-state index is 0.00830. The summed E-state index contributed by atoms with van der Waals surface area (Å²) in [4.78, 5) is 13.9. The van der Waals surface area contributed by atoms with Crippen LogP contribution in [-0.4, -0.2) is 63.3 Å². The second-order valence-electron chi connectivity index (χ2n) is 5.84. The maximum atomic E-state index is 11.8. The Morgan fingerprint density at radius 2 is 2.00 bits per heavy atom. The predicted octanol–water partition coefficient (Wildman–Crippen LogP) is 0.457. The lowest BCUT2D eigenvalue weighted by molar-refractivity contribution is -0.128. The second-order valence-corrected chi connectivity index (χ2v) is 5.84. The fourth-order valence-corrected chi connectivity index (χ4v) is 2.44. The van der Waals surface area contributed by atoms with E-state index >= 15 is 0 Å². The molecule has 0 radical (unpaired) electrons. The summed E-state index contributed by atoms with van der Waals surface area (Å²) in [5.74, 6) is 0.506. The van der Waals surface area contributed by atoms with Crippen LogP contribution in [0.1, 0.15) is 26.7 Å². The van der Waals surface area contributed by atoms with Gasteiger partial charge in [-0.15, -0.1) is 0 Å². The highest BCUT2D eigenvalue weighted by atomic mass is 16.5. The van der Waals surface area contributed by atoms with Gasteiger partial charge in [0.05, 0.1) is 6.10 Å². The number of rotatable bonds is 7. The van der Waals surface area contributed by atoms with E-state index in [2.05, 4.69) is 29.4 Å². The molecule has 1 unspecified atom stereocenters. The molecule has 0 spiro atoms. The van der Waals surface area contributed by atoms with Crippen molar-refractivity contribution < 1.29 is 9.53 Å². The minimum atomic E-state index is -0.00830. The number of nitrogens with one attached hydrogen (secondary N) is 2. The molecule has 1 aliphatic heterocycles. The first kappa shape index (κ1) is 16.4. The monoisotopic (exact) mass is 271 g/mol. The quantitative estimate of drug-likeness (QED) is 0.706. The van der Waals surface area contributed by atoms with E-state index in [1.54, 1.807) is 0 Å². The van der Waals surface area contributed by atoms with Gasteiger partial charge in [0.1, 0.15) is 6.61 Å². The summed E-state index contributed by atoms with van der Waals surface area (Å²) < 4.78 is 5.63. The number of carbonyl (C=O) groups is 1. The van der Waals surface area contributed by atoms with Crippen molar-refractivity contribution in [2.45, 2.75) is 38.8 Å². The molecule has 0 aliphatic carbocycles. The topological polar surface area (TPSA) is 53.6 Å². The van der Waals surface area contributed by atoms with Gasteiger partial charge in [-0.05, 0) is 45.9 Å². The maximum Gasteiger partial charge on any atom is 0.246 e. The van der Waals surface area contributed by atoms with Crippen LogP contribution >= 0.6 is 0 Å². The molecule has 19 heavy (non-hydrogen) atoms. The molecule has 112 valence electrons. The Bertz CT molecular complexity index is 255. The van der Waals surface area contributed by atoms with Crippen molar-refractivity contribution in [3.05, 3.63) is 0 Å². The fraction of sp³-hybridized carbons (Fsp3) is 0.929. The lowest BCUT2D eigenvalue weighted by Crippen LogP contribution is -2.44. The van der Waals surface area contributed by atoms with Crippen molar-refractivity contribution >= 4 is 5.91 Å². The molecule has 1 saturated heterocycles. The highest BCUT2D eigenvalue weighted by Gasteiger charge is 2.18. The Labute approximate surface area is 117 Å². The molecular formula is C14H29N3O2. The summed E-state index contributed by atoms with van der Waals surface area (Å²) in [6.45, 7) is 7.18. The maximum absolute atomic E-state index is 11.8. The molecule has 1 aliphatic rings. The zero-order valence-corrected chi connectivity index (χ0v) is 12.7. The van der Waals surface area contributed by atoms with E-state index in [1.165, 1.54) is 0 Å². The van der Waals surface area contributed by atoms with Gasteiger partial charge in [0.15, 0.2) is 0 Å². The lowest BCUT2D eigenvalue weighted by atomic mass is 10.0. The number of hydrogen-bond acceptors (Lipinski definition) is 4. The number of hydrogen-bond donors (Lipinski definition) is 2. The Morgan fingerprint density at radius 3 is 2.53 bits per heavy atom. The molecule has 1 fully saturated rings. The highest BCUT2D eigenvalue weighted by molar-refractivity contribution is 5.77. The average molecular weight is 271 g/mol. The van der Waals surface area contributed by atoms with E-state index < -0.39 is 0 Å². The van der Waals surface area contributed by atoms with Crippen molar-refractivity contribution in [2.24, 2.45) is 5.92 Å². The van der Waals surface area contributed by atoms with Crippen molar-refractivity contribution in [1.82, 2.24) is 15.5 Å². The minimum Gasteiger partial charge on any atom is -0.368 e. The van der Waals surface area contributed by atoms with Gasteiger partial charge in [0, 0.05) is 12.6 Å². The van der Waals surface area contributed by atoms with Crippen molar-refractivity contribution in [3.8, 4) is 0 Å². The molecule has 2 N–H and O–H groups in total. The molecule has 5 heteroatoms. The van der Waals surface area contributed by atoms with E-state index in [4.69, 9.17) is 4.74 Å². The summed E-state index contributed by atoms with van der Waals surface area (Å²) in [6.07, 6.45) is 2.24. The average Bonchev–Trinajstić information content (AvgIpc) is 2.37. The van der Waals surface area contributed by atoms with Gasteiger partial charge < -0.3 is 20.3 Å². The Balaban J connectivity index is 2.19. The number of nitrogens with zero attached hydrogens (tertiary/aromatic N) is 1. The zero-order valence-electron chi connectivity index (χ0n) is 12.7. The summed E-state index contributed by atoms with van der Waals surface area (Å²) in [7, 11) is 4.09. The lowest BCUT2D eigenvalue weighted by Gasteiger charge is -2.28. The van der Waals surface area contributed by atoms with Crippen molar-refractivity contribution in [1.29, 1.82) is 0 Å². The number of amides is 1. The van der Waals surface area contributed by atoms with Crippen LogP contribution in [0.3, 0.4) is 0 Å². The molecule has 1 rings (SSSR count). The van der Waals surface area contributed by atoms with Crippen LogP contribution in [0.25, 0.3) is 0 Å². The smallest absolute Gasteiger partial charge is 0.246 e.